The summed E-state index contributed by atoms with van der Waals surface area (Å²) < 4.78 is 7.38. The van der Waals surface area contributed by atoms with Crippen LogP contribution in [0.15, 0.2) is 66.0 Å². The van der Waals surface area contributed by atoms with E-state index in [0.717, 1.165) is 12.1 Å². The van der Waals surface area contributed by atoms with Gasteiger partial charge in [-0.3, -0.25) is 14.4 Å². The van der Waals surface area contributed by atoms with E-state index in [9.17, 15) is 14.4 Å². The highest BCUT2D eigenvalue weighted by molar-refractivity contribution is 6.04. The van der Waals surface area contributed by atoms with Crippen LogP contribution in [0.4, 0.5) is 5.69 Å². The Bertz CT molecular complexity index is 1230. The van der Waals surface area contributed by atoms with E-state index in [1.807, 2.05) is 30.3 Å². The van der Waals surface area contributed by atoms with E-state index in [1.165, 1.54) is 24.8 Å². The average Bonchev–Trinajstić information content (AvgIpc) is 2.85. The Kier molecular flexibility index (Phi) is 5.60. The number of hydrogen-bond acceptors (Lipinski definition) is 6. The lowest BCUT2D eigenvalue weighted by atomic mass is 9.82. The van der Waals surface area contributed by atoms with Crippen LogP contribution in [0.5, 0.6) is 5.75 Å². The van der Waals surface area contributed by atoms with Crippen molar-refractivity contribution in [1.82, 2.24) is 19.4 Å². The van der Waals surface area contributed by atoms with Gasteiger partial charge in [0.05, 0.1) is 11.3 Å². The zero-order valence-corrected chi connectivity index (χ0v) is 17.9. The van der Waals surface area contributed by atoms with Crippen molar-refractivity contribution in [1.29, 1.82) is 0 Å². The lowest BCUT2D eigenvalue weighted by Crippen LogP contribution is -2.50. The van der Waals surface area contributed by atoms with Gasteiger partial charge in [0.25, 0.3) is 17.4 Å². The summed E-state index contributed by atoms with van der Waals surface area (Å²) in [6.45, 7) is 1.51. The zero-order chi connectivity index (χ0) is 22.8. The Morgan fingerprint density at radius 2 is 1.82 bits per heavy atom. The van der Waals surface area contributed by atoms with Crippen LogP contribution in [0.25, 0.3) is 0 Å². The third kappa shape index (κ3) is 4.34. The molecule has 9 heteroatoms. The maximum atomic E-state index is 12.9. The highest BCUT2D eigenvalue weighted by Gasteiger charge is 2.38. The van der Waals surface area contributed by atoms with Crippen molar-refractivity contribution in [3.8, 4) is 5.75 Å². The van der Waals surface area contributed by atoms with Crippen molar-refractivity contribution in [3.05, 3.63) is 82.8 Å². The first-order valence-corrected chi connectivity index (χ1v) is 10.8. The molecule has 0 saturated carbocycles. The summed E-state index contributed by atoms with van der Waals surface area (Å²) in [4.78, 5) is 47.8. The van der Waals surface area contributed by atoms with Gasteiger partial charge < -0.3 is 19.5 Å². The first-order valence-electron chi connectivity index (χ1n) is 10.8. The minimum absolute atomic E-state index is 0.0390. The fourth-order valence-corrected chi connectivity index (χ4v) is 4.69. The lowest BCUT2D eigenvalue weighted by Gasteiger charge is -2.43. The lowest BCUT2D eigenvalue weighted by molar-refractivity contribution is -0.136. The molecule has 1 aromatic carbocycles. The summed E-state index contributed by atoms with van der Waals surface area (Å²) in [5, 5.41) is 2.90. The predicted octanol–water partition coefficient (Wildman–Crippen LogP) is 1.92. The Hall–Kier alpha value is -4.01. The van der Waals surface area contributed by atoms with Crippen LogP contribution in [-0.2, 0) is 11.3 Å². The summed E-state index contributed by atoms with van der Waals surface area (Å²) >= 11 is 0. The number of nitrogens with zero attached hydrogens (tertiary/aromatic N) is 4. The molecule has 2 aliphatic heterocycles. The molecule has 2 bridgehead atoms. The summed E-state index contributed by atoms with van der Waals surface area (Å²) in [7, 11) is 0. The van der Waals surface area contributed by atoms with Gasteiger partial charge >= 0.3 is 0 Å². The van der Waals surface area contributed by atoms with Crippen molar-refractivity contribution in [2.75, 3.05) is 25.0 Å². The van der Waals surface area contributed by atoms with Crippen molar-refractivity contribution >= 4 is 17.5 Å². The van der Waals surface area contributed by atoms with Crippen LogP contribution in [-0.4, -0.2) is 50.9 Å². The fraction of sp³-hybridized carbons (Fsp3) is 0.292. The van der Waals surface area contributed by atoms with Crippen molar-refractivity contribution < 1.29 is 14.3 Å². The Labute approximate surface area is 190 Å². The molecule has 0 unspecified atom stereocenters. The number of carbonyl (C=O) groups is 2. The highest BCUT2D eigenvalue weighted by atomic mass is 16.5. The smallest absolute Gasteiger partial charge is 0.260 e. The molecule has 0 spiro atoms. The summed E-state index contributed by atoms with van der Waals surface area (Å²) in [5.41, 5.74) is 1.55. The second kappa shape index (κ2) is 8.85. The van der Waals surface area contributed by atoms with Crippen molar-refractivity contribution in [2.45, 2.75) is 18.9 Å². The molecule has 1 N–H and O–H groups in total. The maximum absolute atomic E-state index is 12.9. The van der Waals surface area contributed by atoms with Gasteiger partial charge in [0.1, 0.15) is 12.1 Å². The van der Waals surface area contributed by atoms with Gasteiger partial charge in [0, 0.05) is 49.7 Å². The average molecular weight is 445 g/mol. The summed E-state index contributed by atoms with van der Waals surface area (Å²) in [5.74, 6) is 0.318. The number of pyridine rings is 1. The van der Waals surface area contributed by atoms with E-state index < -0.39 is 0 Å². The molecule has 2 atom stereocenters. The van der Waals surface area contributed by atoms with Gasteiger partial charge in [-0.2, -0.15) is 0 Å². The Morgan fingerprint density at radius 3 is 2.61 bits per heavy atom. The molecule has 0 aliphatic carbocycles. The zero-order valence-electron chi connectivity index (χ0n) is 17.9. The van der Waals surface area contributed by atoms with Crippen LogP contribution < -0.4 is 15.6 Å². The maximum Gasteiger partial charge on any atom is 0.260 e. The number of amides is 2. The van der Waals surface area contributed by atoms with E-state index in [0.29, 0.717) is 36.6 Å². The topological polar surface area (TPSA) is 106 Å². The molecule has 2 amide bonds. The van der Waals surface area contributed by atoms with Gasteiger partial charge in [-0.25, -0.2) is 9.97 Å². The number of hydrogen-bond donors (Lipinski definition) is 1. The molecule has 2 aliphatic rings. The molecule has 168 valence electrons. The quantitative estimate of drug-likeness (QED) is 0.643. The van der Waals surface area contributed by atoms with Gasteiger partial charge in [-0.05, 0) is 30.5 Å². The van der Waals surface area contributed by atoms with Crippen LogP contribution in [0.2, 0.25) is 0 Å². The first-order chi connectivity index (χ1) is 16.1. The number of likely N-dealkylation sites (tertiary alicyclic amines) is 1. The van der Waals surface area contributed by atoms with E-state index >= 15 is 0 Å². The summed E-state index contributed by atoms with van der Waals surface area (Å²) in [6.07, 6.45) is 5.08. The van der Waals surface area contributed by atoms with Crippen molar-refractivity contribution in [2.24, 2.45) is 5.92 Å². The molecule has 5 rings (SSSR count). The highest BCUT2D eigenvalue weighted by Crippen LogP contribution is 2.38. The molecule has 1 fully saturated rings. The first kappa shape index (κ1) is 20.9. The SMILES string of the molecule is O=C(Nc1ccc(=O)n2c1[C@@H]1C[C@@H](CN(C(=O)COc3ccccc3)C1)C2)c1cncnc1. The number of ether oxygens (including phenoxy) is 1. The number of fused-ring (bicyclic) bond motifs is 4. The molecule has 9 nitrogen and oxygen atoms in total. The Balaban J connectivity index is 1.36. The minimum atomic E-state index is -0.348. The second-order valence-electron chi connectivity index (χ2n) is 8.36. The van der Waals surface area contributed by atoms with Crippen LogP contribution in [0.3, 0.4) is 0 Å². The fourth-order valence-electron chi connectivity index (χ4n) is 4.69. The summed E-state index contributed by atoms with van der Waals surface area (Å²) in [6, 6.07) is 12.3. The third-order valence-corrected chi connectivity index (χ3v) is 6.12. The normalized spacial score (nSPS) is 18.8. The van der Waals surface area contributed by atoms with E-state index in [2.05, 4.69) is 15.3 Å². The number of nitrogens with one attached hydrogen (secondary N) is 1. The number of anilines is 1. The number of benzene rings is 1. The van der Waals surface area contributed by atoms with Crippen LogP contribution in [0, 0.1) is 5.92 Å². The molecular weight excluding hydrogens is 422 g/mol. The molecule has 0 radical (unpaired) electrons. The predicted molar refractivity (Wildman–Crippen MR) is 120 cm³/mol. The van der Waals surface area contributed by atoms with Gasteiger partial charge in [0.2, 0.25) is 0 Å². The molecule has 33 heavy (non-hydrogen) atoms. The molecule has 2 aromatic heterocycles. The Morgan fingerprint density at radius 1 is 1.03 bits per heavy atom. The number of rotatable bonds is 5. The molecule has 1 saturated heterocycles. The third-order valence-electron chi connectivity index (χ3n) is 6.12. The van der Waals surface area contributed by atoms with Gasteiger partial charge in [-0.1, -0.05) is 18.2 Å². The largest absolute Gasteiger partial charge is 0.484 e. The molecule has 3 aromatic rings. The number of piperidine rings is 1. The number of carbonyl (C=O) groups excluding carboxylic acids is 2. The van der Waals surface area contributed by atoms with E-state index in [1.54, 1.807) is 15.5 Å². The van der Waals surface area contributed by atoms with Gasteiger partial charge in [-0.15, -0.1) is 0 Å². The van der Waals surface area contributed by atoms with Gasteiger partial charge in [0.15, 0.2) is 6.61 Å². The van der Waals surface area contributed by atoms with E-state index in [-0.39, 0.29) is 35.8 Å². The second-order valence-corrected chi connectivity index (χ2v) is 8.36. The van der Waals surface area contributed by atoms with Crippen LogP contribution in [0.1, 0.15) is 28.4 Å². The number of para-hydroxylation sites is 1. The number of aromatic nitrogens is 3. The minimum Gasteiger partial charge on any atom is -0.484 e. The molecule has 4 heterocycles. The molecular formula is C24H23N5O4. The standard InChI is InChI=1S/C24H23N5O4/c30-21-7-6-20(27-24(32)18-9-25-15-26-10-18)23-17-8-16(12-29(21)23)11-28(13-17)22(31)14-33-19-4-2-1-3-5-19/h1-7,9-10,15-17H,8,11-14H2,(H,27,32)/t16-,17+/m0/s1. The van der Waals surface area contributed by atoms with E-state index in [4.69, 9.17) is 4.74 Å². The van der Waals surface area contributed by atoms with Crippen molar-refractivity contribution in [3.63, 3.8) is 0 Å². The monoisotopic (exact) mass is 445 g/mol. The van der Waals surface area contributed by atoms with Crippen LogP contribution >= 0.6 is 0 Å².